The van der Waals surface area contributed by atoms with Crippen molar-refractivity contribution in [2.75, 3.05) is 6.61 Å². The van der Waals surface area contributed by atoms with E-state index in [0.717, 1.165) is 12.8 Å². The topological polar surface area (TPSA) is 76.4 Å². The summed E-state index contributed by atoms with van der Waals surface area (Å²) < 4.78 is 10.3. The molecule has 0 fully saturated rings. The highest BCUT2D eigenvalue weighted by Crippen LogP contribution is 2.13. The molecule has 0 aliphatic heterocycles. The van der Waals surface area contributed by atoms with Crippen LogP contribution in [0.2, 0.25) is 0 Å². The van der Waals surface area contributed by atoms with Crippen molar-refractivity contribution in [2.24, 2.45) is 0 Å². The van der Waals surface area contributed by atoms with Crippen LogP contribution in [0.1, 0.15) is 70.3 Å². The van der Waals surface area contributed by atoms with E-state index in [4.69, 9.17) is 14.7 Å². The normalized spacial score (nSPS) is 10.1. The molecular weight excluding hydrogens is 318 g/mol. The molecule has 0 aliphatic rings. The Hall–Kier alpha value is -2.35. The van der Waals surface area contributed by atoms with Crippen LogP contribution in [0.15, 0.2) is 24.3 Å². The fourth-order valence-electron chi connectivity index (χ4n) is 2.30. The van der Waals surface area contributed by atoms with Gasteiger partial charge in [0.05, 0.1) is 18.2 Å². The zero-order valence-electron chi connectivity index (χ0n) is 15.0. The Morgan fingerprint density at radius 1 is 0.920 bits per heavy atom. The summed E-state index contributed by atoms with van der Waals surface area (Å²) >= 11 is 0. The standard InChI is InChI=1S/C20H27NO4/c1-2-3-4-5-6-7-15-24-19(22)9-8-10-20(23)25-18-13-11-17(16-21)12-14-18/h11-14H,2-10,15H2,1H3. The van der Waals surface area contributed by atoms with Gasteiger partial charge in [-0.05, 0) is 37.1 Å². The van der Waals surface area contributed by atoms with E-state index in [2.05, 4.69) is 6.92 Å². The number of hydrogen-bond donors (Lipinski definition) is 0. The molecule has 1 aromatic carbocycles. The Kier molecular flexibility index (Phi) is 10.8. The van der Waals surface area contributed by atoms with Crippen molar-refractivity contribution in [3.05, 3.63) is 29.8 Å². The van der Waals surface area contributed by atoms with E-state index in [1.807, 2.05) is 6.07 Å². The maximum Gasteiger partial charge on any atom is 0.311 e. The maximum atomic E-state index is 11.7. The van der Waals surface area contributed by atoms with Crippen molar-refractivity contribution in [1.82, 2.24) is 0 Å². The molecule has 136 valence electrons. The maximum absolute atomic E-state index is 11.7. The molecule has 25 heavy (non-hydrogen) atoms. The number of hydrogen-bond acceptors (Lipinski definition) is 5. The van der Waals surface area contributed by atoms with Gasteiger partial charge < -0.3 is 9.47 Å². The summed E-state index contributed by atoms with van der Waals surface area (Å²) in [6.45, 7) is 2.64. The van der Waals surface area contributed by atoms with E-state index in [0.29, 0.717) is 24.3 Å². The van der Waals surface area contributed by atoms with Crippen molar-refractivity contribution in [3.8, 4) is 11.8 Å². The first-order valence-corrected chi connectivity index (χ1v) is 9.02. The van der Waals surface area contributed by atoms with Gasteiger partial charge in [0.2, 0.25) is 0 Å². The largest absolute Gasteiger partial charge is 0.466 e. The molecule has 0 aliphatic carbocycles. The Balaban J connectivity index is 2.06. The molecule has 5 heteroatoms. The number of ether oxygens (including phenoxy) is 2. The first-order chi connectivity index (χ1) is 12.2. The SMILES string of the molecule is CCCCCCCCOC(=O)CCCC(=O)Oc1ccc(C#N)cc1. The fourth-order valence-corrected chi connectivity index (χ4v) is 2.30. The molecule has 0 N–H and O–H groups in total. The van der Waals surface area contributed by atoms with Crippen molar-refractivity contribution >= 4 is 11.9 Å². The third-order valence-corrected chi connectivity index (χ3v) is 3.74. The number of nitriles is 1. The first-order valence-electron chi connectivity index (χ1n) is 9.02. The van der Waals surface area contributed by atoms with E-state index in [-0.39, 0.29) is 18.8 Å². The number of carbonyl (C=O) groups is 2. The van der Waals surface area contributed by atoms with E-state index in [1.165, 1.54) is 25.7 Å². The molecule has 0 spiro atoms. The van der Waals surface area contributed by atoms with Crippen molar-refractivity contribution in [2.45, 2.75) is 64.7 Å². The highest BCUT2D eigenvalue weighted by atomic mass is 16.5. The highest BCUT2D eigenvalue weighted by Gasteiger charge is 2.08. The summed E-state index contributed by atoms with van der Waals surface area (Å²) in [6.07, 6.45) is 7.69. The van der Waals surface area contributed by atoms with Gasteiger partial charge in [0.25, 0.3) is 0 Å². The Labute approximate surface area is 149 Å². The molecule has 5 nitrogen and oxygen atoms in total. The molecule has 0 saturated carbocycles. The minimum Gasteiger partial charge on any atom is -0.466 e. The highest BCUT2D eigenvalue weighted by molar-refractivity contribution is 5.74. The fraction of sp³-hybridized carbons (Fsp3) is 0.550. The van der Waals surface area contributed by atoms with Crippen molar-refractivity contribution in [1.29, 1.82) is 5.26 Å². The second kappa shape index (κ2) is 13.0. The van der Waals surface area contributed by atoms with Crippen LogP contribution in [0.3, 0.4) is 0 Å². The number of unbranched alkanes of at least 4 members (excludes halogenated alkanes) is 5. The molecule has 0 radical (unpaired) electrons. The average molecular weight is 345 g/mol. The zero-order valence-corrected chi connectivity index (χ0v) is 15.0. The molecule has 0 aromatic heterocycles. The van der Waals surface area contributed by atoms with Crippen LogP contribution in [-0.2, 0) is 14.3 Å². The molecule has 0 heterocycles. The van der Waals surface area contributed by atoms with Crippen molar-refractivity contribution in [3.63, 3.8) is 0 Å². The zero-order chi connectivity index (χ0) is 18.3. The third-order valence-electron chi connectivity index (χ3n) is 3.74. The monoisotopic (exact) mass is 345 g/mol. The molecule has 1 rings (SSSR count). The lowest BCUT2D eigenvalue weighted by Gasteiger charge is -2.06. The molecule has 0 unspecified atom stereocenters. The lowest BCUT2D eigenvalue weighted by Crippen LogP contribution is -2.10. The number of rotatable bonds is 12. The minimum atomic E-state index is -0.395. The van der Waals surface area contributed by atoms with Gasteiger partial charge in [-0.25, -0.2) is 0 Å². The Bertz CT molecular complexity index is 560. The first kappa shape index (κ1) is 20.7. The summed E-state index contributed by atoms with van der Waals surface area (Å²) in [7, 11) is 0. The van der Waals surface area contributed by atoms with E-state index < -0.39 is 5.97 Å². The molecule has 0 bridgehead atoms. The van der Waals surface area contributed by atoms with Gasteiger partial charge in [0.1, 0.15) is 5.75 Å². The quantitative estimate of drug-likeness (QED) is 0.316. The summed E-state index contributed by atoms with van der Waals surface area (Å²) in [6, 6.07) is 8.32. The third kappa shape index (κ3) is 10.2. The number of nitrogens with zero attached hydrogens (tertiary/aromatic N) is 1. The van der Waals surface area contributed by atoms with Crippen LogP contribution < -0.4 is 4.74 Å². The van der Waals surface area contributed by atoms with Crippen LogP contribution in [0.4, 0.5) is 0 Å². The van der Waals surface area contributed by atoms with Crippen LogP contribution in [0.5, 0.6) is 5.75 Å². The van der Waals surface area contributed by atoms with E-state index in [1.54, 1.807) is 24.3 Å². The number of benzene rings is 1. The number of esters is 2. The predicted octanol–water partition coefficient (Wildman–Crippen LogP) is 4.54. The van der Waals surface area contributed by atoms with E-state index in [9.17, 15) is 9.59 Å². The summed E-state index contributed by atoms with van der Waals surface area (Å²) in [5.74, 6) is -0.261. The van der Waals surface area contributed by atoms with Crippen LogP contribution in [0.25, 0.3) is 0 Å². The molecule has 1 aromatic rings. The molecular formula is C20H27NO4. The second-order valence-corrected chi connectivity index (χ2v) is 5.95. The molecule has 0 saturated heterocycles. The molecule has 0 amide bonds. The van der Waals surface area contributed by atoms with Gasteiger partial charge in [0, 0.05) is 12.8 Å². The van der Waals surface area contributed by atoms with Gasteiger partial charge in [-0.1, -0.05) is 39.0 Å². The van der Waals surface area contributed by atoms with Gasteiger partial charge in [0.15, 0.2) is 0 Å². The average Bonchev–Trinajstić information content (AvgIpc) is 2.61. The number of carbonyl (C=O) groups excluding carboxylic acids is 2. The molecule has 0 atom stereocenters. The Morgan fingerprint density at radius 3 is 2.24 bits per heavy atom. The minimum absolute atomic E-state index is 0.159. The van der Waals surface area contributed by atoms with Gasteiger partial charge >= 0.3 is 11.9 Å². The van der Waals surface area contributed by atoms with E-state index >= 15 is 0 Å². The van der Waals surface area contributed by atoms with Gasteiger partial charge in [-0.2, -0.15) is 5.26 Å². The van der Waals surface area contributed by atoms with Gasteiger partial charge in [-0.15, -0.1) is 0 Å². The van der Waals surface area contributed by atoms with Crippen LogP contribution >= 0.6 is 0 Å². The van der Waals surface area contributed by atoms with Crippen LogP contribution in [-0.4, -0.2) is 18.5 Å². The lowest BCUT2D eigenvalue weighted by molar-refractivity contribution is -0.144. The summed E-state index contributed by atoms with van der Waals surface area (Å²) in [5, 5.41) is 8.70. The predicted molar refractivity (Wildman–Crippen MR) is 95.0 cm³/mol. The van der Waals surface area contributed by atoms with Crippen molar-refractivity contribution < 1.29 is 19.1 Å². The summed E-state index contributed by atoms with van der Waals surface area (Å²) in [4.78, 5) is 23.3. The lowest BCUT2D eigenvalue weighted by atomic mass is 10.1. The smallest absolute Gasteiger partial charge is 0.311 e. The summed E-state index contributed by atoms with van der Waals surface area (Å²) in [5.41, 5.74) is 0.507. The Morgan fingerprint density at radius 2 is 1.56 bits per heavy atom. The second-order valence-electron chi connectivity index (χ2n) is 5.95. The van der Waals surface area contributed by atoms with Gasteiger partial charge in [-0.3, -0.25) is 9.59 Å². The van der Waals surface area contributed by atoms with Crippen LogP contribution in [0, 0.1) is 11.3 Å².